The van der Waals surface area contributed by atoms with Gasteiger partial charge >= 0.3 is 0 Å². The van der Waals surface area contributed by atoms with Crippen molar-refractivity contribution in [2.75, 3.05) is 38.2 Å². The molecule has 0 saturated carbocycles. The van der Waals surface area contributed by atoms with Gasteiger partial charge in [0.25, 0.3) is 5.91 Å². The highest BCUT2D eigenvalue weighted by molar-refractivity contribution is 6.36. The fourth-order valence-corrected chi connectivity index (χ4v) is 3.25. The number of hydrogen-bond acceptors (Lipinski definition) is 5. The Balaban J connectivity index is 1.69. The highest BCUT2D eigenvalue weighted by Crippen LogP contribution is 2.24. The lowest BCUT2D eigenvalue weighted by molar-refractivity contribution is 0.0746. The summed E-state index contributed by atoms with van der Waals surface area (Å²) in [5, 5.41) is 0.885. The van der Waals surface area contributed by atoms with Gasteiger partial charge in [0.15, 0.2) is 0 Å². The molecule has 8 heteroatoms. The summed E-state index contributed by atoms with van der Waals surface area (Å²) < 4.78 is 5.20. The molecule has 1 fully saturated rings. The van der Waals surface area contributed by atoms with E-state index in [0.29, 0.717) is 53.5 Å². The van der Waals surface area contributed by atoms with Crippen molar-refractivity contribution in [1.29, 1.82) is 0 Å². The average molecular weight is 381 g/mol. The summed E-state index contributed by atoms with van der Waals surface area (Å²) in [7, 11) is 1.58. The number of halogens is 2. The summed E-state index contributed by atoms with van der Waals surface area (Å²) in [6.07, 6.45) is 0. The van der Waals surface area contributed by atoms with Gasteiger partial charge in [-0.2, -0.15) is 4.98 Å². The van der Waals surface area contributed by atoms with Gasteiger partial charge in [-0.3, -0.25) is 4.79 Å². The van der Waals surface area contributed by atoms with Gasteiger partial charge in [-0.25, -0.2) is 4.98 Å². The van der Waals surface area contributed by atoms with Gasteiger partial charge < -0.3 is 14.5 Å². The highest BCUT2D eigenvalue weighted by Gasteiger charge is 2.24. The third-order valence-electron chi connectivity index (χ3n) is 4.06. The second kappa shape index (κ2) is 7.45. The molecule has 0 bridgehead atoms. The second-order valence-electron chi connectivity index (χ2n) is 5.72. The van der Waals surface area contributed by atoms with Crippen molar-refractivity contribution in [2.24, 2.45) is 0 Å². The lowest BCUT2D eigenvalue weighted by Gasteiger charge is -2.35. The Morgan fingerprint density at radius 2 is 1.84 bits per heavy atom. The number of aryl methyl sites for hydroxylation is 1. The van der Waals surface area contributed by atoms with Crippen LogP contribution in [0.4, 0.5) is 5.82 Å². The number of carbonyl (C=O) groups excluding carboxylic acids is 1. The predicted molar refractivity (Wildman–Crippen MR) is 97.9 cm³/mol. The molecule has 1 aromatic carbocycles. The molecule has 2 aromatic rings. The van der Waals surface area contributed by atoms with Gasteiger partial charge in [0, 0.05) is 37.3 Å². The highest BCUT2D eigenvalue weighted by atomic mass is 35.5. The van der Waals surface area contributed by atoms with Crippen LogP contribution in [0.15, 0.2) is 24.3 Å². The summed E-state index contributed by atoms with van der Waals surface area (Å²) >= 11 is 12.0. The van der Waals surface area contributed by atoms with E-state index in [9.17, 15) is 4.79 Å². The summed E-state index contributed by atoms with van der Waals surface area (Å²) in [5.74, 6) is 1.91. The molecule has 1 amide bonds. The number of rotatable bonds is 3. The van der Waals surface area contributed by atoms with E-state index in [4.69, 9.17) is 27.9 Å². The number of ether oxygens (including phenoxy) is 1. The molecule has 0 N–H and O–H groups in total. The third kappa shape index (κ3) is 3.96. The summed E-state index contributed by atoms with van der Waals surface area (Å²) in [6, 6.07) is 6.73. The molecule has 2 heterocycles. The van der Waals surface area contributed by atoms with Crippen molar-refractivity contribution in [1.82, 2.24) is 14.9 Å². The standard InChI is InChI=1S/C17H18Cl2N4O2/c1-11-20-15(10-16(21-11)25-2)22-5-7-23(8-6-22)17(24)13-4-3-12(18)9-14(13)19/h3-4,9-10H,5-8H2,1-2H3. The summed E-state index contributed by atoms with van der Waals surface area (Å²) in [6.45, 7) is 4.35. The van der Waals surface area contributed by atoms with E-state index in [-0.39, 0.29) is 5.91 Å². The first-order valence-electron chi connectivity index (χ1n) is 7.87. The van der Waals surface area contributed by atoms with Gasteiger partial charge in [-0.05, 0) is 25.1 Å². The molecule has 1 aromatic heterocycles. The van der Waals surface area contributed by atoms with Gasteiger partial charge in [-0.15, -0.1) is 0 Å². The normalized spacial score (nSPS) is 14.6. The van der Waals surface area contributed by atoms with Crippen LogP contribution in [0.5, 0.6) is 5.88 Å². The Hall–Kier alpha value is -2.05. The topological polar surface area (TPSA) is 58.6 Å². The number of aromatic nitrogens is 2. The molecule has 0 radical (unpaired) electrons. The number of anilines is 1. The van der Waals surface area contributed by atoms with Crippen molar-refractivity contribution < 1.29 is 9.53 Å². The maximum absolute atomic E-state index is 12.7. The molecule has 0 spiro atoms. The molecule has 0 unspecified atom stereocenters. The predicted octanol–water partition coefficient (Wildman–Crippen LogP) is 3.06. The molecule has 25 heavy (non-hydrogen) atoms. The van der Waals surface area contributed by atoms with Crippen molar-refractivity contribution >= 4 is 34.9 Å². The monoisotopic (exact) mass is 380 g/mol. The number of benzene rings is 1. The zero-order valence-corrected chi connectivity index (χ0v) is 15.5. The second-order valence-corrected chi connectivity index (χ2v) is 6.56. The van der Waals surface area contributed by atoms with E-state index in [0.717, 1.165) is 5.82 Å². The van der Waals surface area contributed by atoms with Gasteiger partial charge in [0.1, 0.15) is 11.6 Å². The smallest absolute Gasteiger partial charge is 0.255 e. The summed E-state index contributed by atoms with van der Waals surface area (Å²) in [4.78, 5) is 25.2. The van der Waals surface area contributed by atoms with Gasteiger partial charge in [0.2, 0.25) is 5.88 Å². The lowest BCUT2D eigenvalue weighted by atomic mass is 10.1. The van der Waals surface area contributed by atoms with Crippen LogP contribution in [-0.4, -0.2) is 54.1 Å². The molecule has 0 aliphatic carbocycles. The van der Waals surface area contributed by atoms with Crippen LogP contribution in [0.2, 0.25) is 10.0 Å². The zero-order chi connectivity index (χ0) is 18.0. The Morgan fingerprint density at radius 1 is 1.12 bits per heavy atom. The molecule has 6 nitrogen and oxygen atoms in total. The summed E-state index contributed by atoms with van der Waals surface area (Å²) in [5.41, 5.74) is 0.471. The maximum Gasteiger partial charge on any atom is 0.255 e. The Kier molecular flexibility index (Phi) is 5.30. The Labute approximate surface area is 156 Å². The van der Waals surface area contributed by atoms with Crippen molar-refractivity contribution in [3.63, 3.8) is 0 Å². The Bertz CT molecular complexity index is 792. The molecule has 0 atom stereocenters. The van der Waals surface area contributed by atoms with Crippen LogP contribution in [0.1, 0.15) is 16.2 Å². The van der Waals surface area contributed by atoms with Crippen LogP contribution in [0, 0.1) is 6.92 Å². The number of hydrogen-bond donors (Lipinski definition) is 0. The minimum atomic E-state index is -0.0854. The number of piperazine rings is 1. The van der Waals surface area contributed by atoms with E-state index in [1.165, 1.54) is 0 Å². The SMILES string of the molecule is COc1cc(N2CCN(C(=O)c3ccc(Cl)cc3Cl)CC2)nc(C)n1. The van der Waals surface area contributed by atoms with E-state index < -0.39 is 0 Å². The zero-order valence-electron chi connectivity index (χ0n) is 14.0. The molecule has 1 aliphatic heterocycles. The molecule has 1 saturated heterocycles. The van der Waals surface area contributed by atoms with Crippen LogP contribution < -0.4 is 9.64 Å². The van der Waals surface area contributed by atoms with Gasteiger partial charge in [-0.1, -0.05) is 23.2 Å². The average Bonchev–Trinajstić information content (AvgIpc) is 2.61. The molecule has 132 valence electrons. The van der Waals surface area contributed by atoms with Crippen LogP contribution in [-0.2, 0) is 0 Å². The quantitative estimate of drug-likeness (QED) is 0.818. The van der Waals surface area contributed by atoms with Crippen LogP contribution in [0.25, 0.3) is 0 Å². The fraction of sp³-hybridized carbons (Fsp3) is 0.353. The molecule has 3 rings (SSSR count). The van der Waals surface area contributed by atoms with E-state index >= 15 is 0 Å². The van der Waals surface area contributed by atoms with Crippen LogP contribution >= 0.6 is 23.2 Å². The largest absolute Gasteiger partial charge is 0.481 e. The minimum Gasteiger partial charge on any atom is -0.481 e. The van der Waals surface area contributed by atoms with Crippen LogP contribution in [0.3, 0.4) is 0 Å². The molecule has 1 aliphatic rings. The van der Waals surface area contributed by atoms with E-state index in [1.54, 1.807) is 36.3 Å². The first kappa shape index (κ1) is 17.8. The number of carbonyl (C=O) groups is 1. The van der Waals surface area contributed by atoms with E-state index in [2.05, 4.69) is 14.9 Å². The number of nitrogens with zero attached hydrogens (tertiary/aromatic N) is 4. The molecular weight excluding hydrogens is 363 g/mol. The fourth-order valence-electron chi connectivity index (χ4n) is 2.76. The van der Waals surface area contributed by atoms with Crippen molar-refractivity contribution in [2.45, 2.75) is 6.92 Å². The number of methoxy groups -OCH3 is 1. The first-order valence-corrected chi connectivity index (χ1v) is 8.62. The lowest BCUT2D eigenvalue weighted by Crippen LogP contribution is -2.49. The Morgan fingerprint density at radius 3 is 2.48 bits per heavy atom. The molecular formula is C17H18Cl2N4O2. The number of amides is 1. The van der Waals surface area contributed by atoms with Gasteiger partial charge in [0.05, 0.1) is 17.7 Å². The van der Waals surface area contributed by atoms with Crippen molar-refractivity contribution in [3.05, 3.63) is 45.7 Å². The van der Waals surface area contributed by atoms with E-state index in [1.807, 2.05) is 6.92 Å². The third-order valence-corrected chi connectivity index (χ3v) is 4.61. The maximum atomic E-state index is 12.7. The first-order chi connectivity index (χ1) is 12.0. The van der Waals surface area contributed by atoms with Crippen molar-refractivity contribution in [3.8, 4) is 5.88 Å². The minimum absolute atomic E-state index is 0.0854.